The van der Waals surface area contributed by atoms with Crippen LogP contribution in [0.25, 0.3) is 5.69 Å². The maximum atomic E-state index is 12.3. The van der Waals surface area contributed by atoms with E-state index in [0.29, 0.717) is 5.16 Å². The molecule has 8 heteroatoms. The molecule has 0 fully saturated rings. The lowest BCUT2D eigenvalue weighted by molar-refractivity contribution is -0.119. The SMILES string of the molecule is Cc1cccc(-n2c(C)nnc2SC(C)C(=O)NC(=O)NC(C)(C)C)c1. The highest BCUT2D eigenvalue weighted by molar-refractivity contribution is 8.00. The number of aromatic nitrogens is 3. The molecule has 1 aromatic carbocycles. The van der Waals surface area contributed by atoms with Crippen LogP contribution in [0, 0.1) is 13.8 Å². The number of benzene rings is 1. The molecule has 0 aliphatic carbocycles. The van der Waals surface area contributed by atoms with E-state index in [1.54, 1.807) is 6.92 Å². The van der Waals surface area contributed by atoms with Crippen LogP contribution in [0.4, 0.5) is 4.79 Å². The predicted molar refractivity (Wildman–Crippen MR) is 103 cm³/mol. The van der Waals surface area contributed by atoms with E-state index in [4.69, 9.17) is 0 Å². The van der Waals surface area contributed by atoms with Crippen LogP contribution in [0.15, 0.2) is 29.4 Å². The summed E-state index contributed by atoms with van der Waals surface area (Å²) in [5.74, 6) is 0.351. The molecule has 0 spiro atoms. The molecule has 1 heterocycles. The molecule has 3 amide bonds. The lowest BCUT2D eigenvalue weighted by Crippen LogP contribution is -2.49. The molecule has 0 aliphatic rings. The average Bonchev–Trinajstić information content (AvgIpc) is 2.85. The minimum absolute atomic E-state index is 0.381. The molecule has 7 nitrogen and oxygen atoms in total. The van der Waals surface area contributed by atoms with E-state index < -0.39 is 16.8 Å². The first kappa shape index (κ1) is 20.0. The molecular formula is C18H25N5O2S. The Labute approximate surface area is 158 Å². The van der Waals surface area contributed by atoms with Crippen molar-refractivity contribution >= 4 is 23.7 Å². The van der Waals surface area contributed by atoms with Gasteiger partial charge in [-0.25, -0.2) is 4.79 Å². The molecule has 2 rings (SSSR count). The van der Waals surface area contributed by atoms with Crippen molar-refractivity contribution in [2.45, 2.75) is 57.5 Å². The van der Waals surface area contributed by atoms with Crippen LogP contribution < -0.4 is 10.6 Å². The Morgan fingerprint density at radius 3 is 2.50 bits per heavy atom. The van der Waals surface area contributed by atoms with Crippen molar-refractivity contribution in [2.75, 3.05) is 0 Å². The normalized spacial score (nSPS) is 12.5. The molecule has 0 saturated carbocycles. The molecule has 1 aromatic heterocycles. The van der Waals surface area contributed by atoms with E-state index in [2.05, 4.69) is 20.8 Å². The summed E-state index contributed by atoms with van der Waals surface area (Å²) in [6.45, 7) is 11.2. The fourth-order valence-corrected chi connectivity index (χ4v) is 3.19. The summed E-state index contributed by atoms with van der Waals surface area (Å²) in [7, 11) is 0. The van der Waals surface area contributed by atoms with Gasteiger partial charge in [0.05, 0.1) is 5.25 Å². The Kier molecular flexibility index (Phi) is 6.07. The molecule has 1 unspecified atom stereocenters. The Morgan fingerprint density at radius 2 is 1.88 bits per heavy atom. The standard InChI is InChI=1S/C18H25N5O2S/c1-11-8-7-9-14(10-11)23-13(3)21-22-17(23)26-12(2)15(24)19-16(25)20-18(4,5)6/h7-10,12H,1-6H3,(H2,19,20,24,25). The number of imide groups is 1. The van der Waals surface area contributed by atoms with E-state index in [0.717, 1.165) is 17.1 Å². The monoisotopic (exact) mass is 375 g/mol. The molecule has 2 aromatic rings. The first-order chi connectivity index (χ1) is 12.1. The van der Waals surface area contributed by atoms with E-state index >= 15 is 0 Å². The number of nitrogens with zero attached hydrogens (tertiary/aromatic N) is 3. The third-order valence-corrected chi connectivity index (χ3v) is 4.47. The minimum atomic E-state index is -0.508. The van der Waals surface area contributed by atoms with Gasteiger partial charge in [0.25, 0.3) is 0 Å². The van der Waals surface area contributed by atoms with Crippen LogP contribution >= 0.6 is 11.8 Å². The summed E-state index contributed by atoms with van der Waals surface area (Å²) in [4.78, 5) is 24.2. The zero-order valence-corrected chi connectivity index (χ0v) is 16.8. The molecule has 0 aliphatic heterocycles. The number of nitrogens with one attached hydrogen (secondary N) is 2. The third kappa shape index (κ3) is 5.32. The summed E-state index contributed by atoms with van der Waals surface area (Å²) < 4.78 is 1.90. The van der Waals surface area contributed by atoms with Gasteiger partial charge in [-0.3, -0.25) is 14.7 Å². The number of hydrogen-bond donors (Lipinski definition) is 2. The third-order valence-electron chi connectivity index (χ3n) is 3.43. The van der Waals surface area contributed by atoms with Crippen molar-refractivity contribution in [2.24, 2.45) is 0 Å². The molecule has 2 N–H and O–H groups in total. The van der Waals surface area contributed by atoms with Gasteiger partial charge in [-0.05, 0) is 59.2 Å². The van der Waals surface area contributed by atoms with Crippen molar-refractivity contribution in [3.8, 4) is 5.69 Å². The number of carbonyl (C=O) groups excluding carboxylic acids is 2. The van der Waals surface area contributed by atoms with Gasteiger partial charge in [-0.2, -0.15) is 0 Å². The quantitative estimate of drug-likeness (QED) is 0.802. The fourth-order valence-electron chi connectivity index (χ4n) is 2.28. The van der Waals surface area contributed by atoms with Crippen molar-refractivity contribution in [1.82, 2.24) is 25.4 Å². The number of aryl methyl sites for hydroxylation is 2. The van der Waals surface area contributed by atoms with Gasteiger partial charge in [0, 0.05) is 11.2 Å². The summed E-state index contributed by atoms with van der Waals surface area (Å²) >= 11 is 1.26. The number of carbonyl (C=O) groups is 2. The number of rotatable bonds is 4. The molecule has 1 atom stereocenters. The average molecular weight is 375 g/mol. The number of amides is 3. The van der Waals surface area contributed by atoms with Crippen molar-refractivity contribution in [3.05, 3.63) is 35.7 Å². The molecule has 140 valence electrons. The van der Waals surface area contributed by atoms with Gasteiger partial charge in [0.15, 0.2) is 5.16 Å². The predicted octanol–water partition coefficient (Wildman–Crippen LogP) is 2.99. The smallest absolute Gasteiger partial charge is 0.321 e. The molecule has 0 saturated heterocycles. The van der Waals surface area contributed by atoms with Gasteiger partial charge >= 0.3 is 6.03 Å². The van der Waals surface area contributed by atoms with E-state index in [-0.39, 0.29) is 5.91 Å². The molecular weight excluding hydrogens is 350 g/mol. The number of urea groups is 1. The lowest BCUT2D eigenvalue weighted by Gasteiger charge is -2.21. The van der Waals surface area contributed by atoms with Crippen LogP contribution in [0.1, 0.15) is 39.1 Å². The van der Waals surface area contributed by atoms with Crippen LogP contribution in [0.3, 0.4) is 0 Å². The maximum absolute atomic E-state index is 12.3. The van der Waals surface area contributed by atoms with E-state index in [1.807, 2.05) is 63.5 Å². The van der Waals surface area contributed by atoms with Crippen molar-refractivity contribution in [3.63, 3.8) is 0 Å². The van der Waals surface area contributed by atoms with Gasteiger partial charge in [-0.15, -0.1) is 10.2 Å². The Balaban J connectivity index is 2.11. The summed E-state index contributed by atoms with van der Waals surface area (Å²) in [5, 5.41) is 13.5. The van der Waals surface area contributed by atoms with Crippen molar-refractivity contribution in [1.29, 1.82) is 0 Å². The lowest BCUT2D eigenvalue weighted by atomic mass is 10.1. The van der Waals surface area contributed by atoms with Crippen LogP contribution in [-0.4, -0.2) is 37.5 Å². The van der Waals surface area contributed by atoms with E-state index in [9.17, 15) is 9.59 Å². The topological polar surface area (TPSA) is 88.9 Å². The second-order valence-corrected chi connectivity index (χ2v) is 8.47. The Bertz CT molecular complexity index is 810. The molecule has 26 heavy (non-hydrogen) atoms. The highest BCUT2D eigenvalue weighted by Crippen LogP contribution is 2.26. The Morgan fingerprint density at radius 1 is 1.19 bits per heavy atom. The highest BCUT2D eigenvalue weighted by Gasteiger charge is 2.23. The Hall–Kier alpha value is -2.35. The second kappa shape index (κ2) is 7.90. The fraction of sp³-hybridized carbons (Fsp3) is 0.444. The van der Waals surface area contributed by atoms with Gasteiger partial charge in [0.2, 0.25) is 5.91 Å². The van der Waals surface area contributed by atoms with Gasteiger partial charge in [0.1, 0.15) is 5.82 Å². The largest absolute Gasteiger partial charge is 0.333 e. The van der Waals surface area contributed by atoms with Crippen LogP contribution in [0.5, 0.6) is 0 Å². The molecule has 0 radical (unpaired) electrons. The minimum Gasteiger partial charge on any atom is -0.333 e. The first-order valence-corrected chi connectivity index (χ1v) is 9.23. The van der Waals surface area contributed by atoms with Crippen molar-refractivity contribution < 1.29 is 9.59 Å². The zero-order valence-electron chi connectivity index (χ0n) is 16.0. The van der Waals surface area contributed by atoms with E-state index in [1.165, 1.54) is 11.8 Å². The van der Waals surface area contributed by atoms with Gasteiger partial charge < -0.3 is 5.32 Å². The zero-order chi connectivity index (χ0) is 19.5. The summed E-state index contributed by atoms with van der Waals surface area (Å²) in [6, 6.07) is 7.47. The number of thioether (sulfide) groups is 1. The first-order valence-electron chi connectivity index (χ1n) is 8.35. The molecule has 0 bridgehead atoms. The summed E-state index contributed by atoms with van der Waals surface area (Å²) in [5.41, 5.74) is 1.65. The van der Waals surface area contributed by atoms with Crippen LogP contribution in [0.2, 0.25) is 0 Å². The second-order valence-electron chi connectivity index (χ2n) is 7.16. The summed E-state index contributed by atoms with van der Waals surface area (Å²) in [6.07, 6.45) is 0. The number of hydrogen-bond acceptors (Lipinski definition) is 5. The van der Waals surface area contributed by atoms with Gasteiger partial charge in [-0.1, -0.05) is 23.9 Å². The highest BCUT2D eigenvalue weighted by atomic mass is 32.2. The maximum Gasteiger partial charge on any atom is 0.321 e. The van der Waals surface area contributed by atoms with Crippen LogP contribution in [-0.2, 0) is 4.79 Å².